The summed E-state index contributed by atoms with van der Waals surface area (Å²) in [5.74, 6) is 0. The second kappa shape index (κ2) is 3.77. The Balaban J connectivity index is 2.50. The van der Waals surface area contributed by atoms with Crippen LogP contribution in [0.25, 0.3) is 5.70 Å². The van der Waals surface area contributed by atoms with Gasteiger partial charge < -0.3 is 0 Å². The molecule has 1 heteroatoms. The first kappa shape index (κ1) is 10.9. The van der Waals surface area contributed by atoms with Crippen LogP contribution in [0.2, 0.25) is 0 Å². The average molecular weight is 211 g/mol. The lowest BCUT2D eigenvalue weighted by molar-refractivity contribution is 0.528. The summed E-state index contributed by atoms with van der Waals surface area (Å²) in [4.78, 5) is 4.46. The zero-order valence-corrected chi connectivity index (χ0v) is 10.3. The van der Waals surface area contributed by atoms with Crippen LogP contribution in [0.5, 0.6) is 0 Å². The number of hydrogen-bond donors (Lipinski definition) is 0. The van der Waals surface area contributed by atoms with Crippen molar-refractivity contribution in [3.63, 3.8) is 0 Å². The van der Waals surface area contributed by atoms with Crippen LogP contribution >= 0.6 is 0 Å². The third-order valence-electron chi connectivity index (χ3n) is 2.78. The van der Waals surface area contributed by atoms with E-state index in [2.05, 4.69) is 50.6 Å². The Bertz CT molecular complexity index is 506. The molecule has 0 bridgehead atoms. The highest BCUT2D eigenvalue weighted by molar-refractivity contribution is 5.91. The van der Waals surface area contributed by atoms with Crippen molar-refractivity contribution in [1.29, 1.82) is 0 Å². The van der Waals surface area contributed by atoms with E-state index >= 15 is 0 Å². The quantitative estimate of drug-likeness (QED) is 0.623. The van der Waals surface area contributed by atoms with Gasteiger partial charge in [0, 0.05) is 17.4 Å². The predicted octanol–water partition coefficient (Wildman–Crippen LogP) is 3.99. The van der Waals surface area contributed by atoms with E-state index in [0.717, 1.165) is 5.70 Å². The van der Waals surface area contributed by atoms with Crippen molar-refractivity contribution in [3.05, 3.63) is 46.7 Å². The van der Waals surface area contributed by atoms with Crippen molar-refractivity contribution in [2.45, 2.75) is 27.7 Å². The van der Waals surface area contributed by atoms with E-state index < -0.39 is 0 Å². The highest BCUT2D eigenvalue weighted by Gasteiger charge is 2.18. The lowest BCUT2D eigenvalue weighted by Gasteiger charge is -2.15. The molecule has 1 aliphatic rings. The van der Waals surface area contributed by atoms with Gasteiger partial charge in [-0.1, -0.05) is 50.8 Å². The first-order valence-electron chi connectivity index (χ1n) is 5.60. The molecular formula is C15H17N. The van der Waals surface area contributed by atoms with Crippen molar-refractivity contribution in [3.8, 4) is 0 Å². The summed E-state index contributed by atoms with van der Waals surface area (Å²) in [6.45, 7) is 8.65. The van der Waals surface area contributed by atoms with Crippen molar-refractivity contribution >= 4 is 11.9 Å². The molecule has 82 valence electrons. The molecule has 0 amide bonds. The second-order valence-electron chi connectivity index (χ2n) is 5.21. The van der Waals surface area contributed by atoms with Crippen molar-refractivity contribution in [1.82, 2.24) is 0 Å². The molecule has 0 spiro atoms. The molecule has 0 N–H and O–H groups in total. The first-order valence-corrected chi connectivity index (χ1v) is 5.60. The molecule has 0 fully saturated rings. The van der Waals surface area contributed by atoms with Crippen LogP contribution in [0, 0.1) is 12.3 Å². The Morgan fingerprint density at radius 2 is 1.81 bits per heavy atom. The van der Waals surface area contributed by atoms with Crippen molar-refractivity contribution in [2.24, 2.45) is 10.4 Å². The second-order valence-corrected chi connectivity index (χ2v) is 5.21. The molecule has 0 atom stereocenters. The maximum absolute atomic E-state index is 4.46. The molecule has 2 rings (SSSR count). The van der Waals surface area contributed by atoms with Crippen molar-refractivity contribution < 1.29 is 0 Å². The molecule has 0 aromatic heterocycles. The molecule has 1 nitrogen and oxygen atoms in total. The molecule has 0 aliphatic carbocycles. The van der Waals surface area contributed by atoms with E-state index in [1.807, 2.05) is 18.3 Å². The van der Waals surface area contributed by atoms with Gasteiger partial charge in [0.05, 0.1) is 0 Å². The normalized spacial score (nSPS) is 15.0. The summed E-state index contributed by atoms with van der Waals surface area (Å²) in [6, 6.07) is 8.29. The van der Waals surface area contributed by atoms with Crippen LogP contribution in [0.1, 0.15) is 31.9 Å². The summed E-state index contributed by atoms with van der Waals surface area (Å²) >= 11 is 0. The standard InChI is InChI=1S/C15H17N/c1-11-7-5-6-8-13(11)14-9-12(10-16-14)15(2,3)4/h5-8,10H,1-4H3. The van der Waals surface area contributed by atoms with Gasteiger partial charge in [0.1, 0.15) is 5.70 Å². The monoisotopic (exact) mass is 211 g/mol. The highest BCUT2D eigenvalue weighted by Crippen LogP contribution is 2.29. The van der Waals surface area contributed by atoms with E-state index in [1.54, 1.807) is 0 Å². The first-order chi connectivity index (χ1) is 7.48. The molecule has 1 aromatic carbocycles. The summed E-state index contributed by atoms with van der Waals surface area (Å²) in [5.41, 5.74) is 8.08. The highest BCUT2D eigenvalue weighted by atomic mass is 14.7. The van der Waals surface area contributed by atoms with Gasteiger partial charge in [0.25, 0.3) is 0 Å². The zero-order valence-electron chi connectivity index (χ0n) is 10.3. The smallest absolute Gasteiger partial charge is 0.113 e. The van der Waals surface area contributed by atoms with E-state index in [9.17, 15) is 0 Å². The molecule has 16 heavy (non-hydrogen) atoms. The fraction of sp³-hybridized carbons (Fsp3) is 0.333. The fourth-order valence-electron chi connectivity index (χ4n) is 1.68. The van der Waals surface area contributed by atoms with Crippen LogP contribution in [0.4, 0.5) is 0 Å². The Labute approximate surface area is 97.2 Å². The van der Waals surface area contributed by atoms with Crippen LogP contribution in [0.3, 0.4) is 0 Å². The summed E-state index contributed by atoms with van der Waals surface area (Å²) < 4.78 is 0. The van der Waals surface area contributed by atoms with Crippen LogP contribution in [-0.2, 0) is 0 Å². The van der Waals surface area contributed by atoms with Gasteiger partial charge in [-0.3, -0.25) is 0 Å². The van der Waals surface area contributed by atoms with Gasteiger partial charge in [-0.25, -0.2) is 4.99 Å². The van der Waals surface area contributed by atoms with E-state index in [0.29, 0.717) is 0 Å². The van der Waals surface area contributed by atoms with Gasteiger partial charge in [-0.2, -0.15) is 0 Å². The van der Waals surface area contributed by atoms with Gasteiger partial charge in [0.2, 0.25) is 0 Å². The molecule has 0 saturated heterocycles. The van der Waals surface area contributed by atoms with Crippen LogP contribution in [0.15, 0.2) is 40.6 Å². The summed E-state index contributed by atoms with van der Waals surface area (Å²) in [6.07, 6.45) is 1.93. The average Bonchev–Trinajstić information content (AvgIpc) is 2.66. The minimum Gasteiger partial charge on any atom is -0.247 e. The molecule has 1 heterocycles. The van der Waals surface area contributed by atoms with E-state index in [4.69, 9.17) is 0 Å². The number of hydrogen-bond acceptors (Lipinski definition) is 1. The maximum Gasteiger partial charge on any atom is 0.113 e. The number of nitrogens with zero attached hydrogens (tertiary/aromatic N) is 1. The Morgan fingerprint density at radius 3 is 2.38 bits per heavy atom. The van der Waals surface area contributed by atoms with Gasteiger partial charge >= 0.3 is 0 Å². The third-order valence-corrected chi connectivity index (χ3v) is 2.78. The molecule has 0 radical (unpaired) electrons. The van der Waals surface area contributed by atoms with Gasteiger partial charge in [0.15, 0.2) is 0 Å². The SMILES string of the molecule is Cc1ccccc1C1=C=C(C(C)(C)C)C=N1. The molecule has 0 saturated carbocycles. The number of benzene rings is 1. The Morgan fingerprint density at radius 1 is 1.12 bits per heavy atom. The predicted molar refractivity (Wildman–Crippen MR) is 69.6 cm³/mol. The fourth-order valence-corrected chi connectivity index (χ4v) is 1.68. The zero-order chi connectivity index (χ0) is 11.8. The van der Waals surface area contributed by atoms with Crippen LogP contribution < -0.4 is 0 Å². The minimum atomic E-state index is 0.119. The molecule has 1 aliphatic heterocycles. The summed E-state index contributed by atoms with van der Waals surface area (Å²) in [5, 5.41) is 0. The number of rotatable bonds is 1. The molecular weight excluding hydrogens is 194 g/mol. The van der Waals surface area contributed by atoms with Gasteiger partial charge in [-0.05, 0) is 17.9 Å². The Kier molecular flexibility index (Phi) is 2.57. The van der Waals surface area contributed by atoms with Gasteiger partial charge in [-0.15, -0.1) is 0 Å². The number of allylic oxidation sites excluding steroid dienone is 1. The molecule has 0 unspecified atom stereocenters. The maximum atomic E-state index is 4.46. The third kappa shape index (κ3) is 2.00. The Hall–Kier alpha value is -1.59. The number of aryl methyl sites for hydroxylation is 1. The minimum absolute atomic E-state index is 0.119. The largest absolute Gasteiger partial charge is 0.247 e. The summed E-state index contributed by atoms with van der Waals surface area (Å²) in [7, 11) is 0. The van der Waals surface area contributed by atoms with E-state index in [1.165, 1.54) is 16.7 Å². The van der Waals surface area contributed by atoms with Crippen LogP contribution in [-0.4, -0.2) is 6.21 Å². The van der Waals surface area contributed by atoms with Crippen molar-refractivity contribution in [2.75, 3.05) is 0 Å². The lowest BCUT2D eigenvalue weighted by Crippen LogP contribution is -2.08. The molecule has 1 aromatic rings. The lowest BCUT2D eigenvalue weighted by atomic mass is 9.88. The topological polar surface area (TPSA) is 12.4 Å². The number of aliphatic imine (C=N–C) groups is 1. The van der Waals surface area contributed by atoms with E-state index in [-0.39, 0.29) is 5.41 Å².